The summed E-state index contributed by atoms with van der Waals surface area (Å²) in [6.45, 7) is 3.73. The molecule has 9 heteroatoms. The van der Waals surface area contributed by atoms with E-state index >= 15 is 0 Å². The Bertz CT molecular complexity index is 877. The second-order valence-electron chi connectivity index (χ2n) is 5.45. The largest absolute Gasteiger partial charge is 0.452 e. The number of aryl methyl sites for hydroxylation is 2. The molecule has 0 fully saturated rings. The Kier molecular flexibility index (Phi) is 6.00. The van der Waals surface area contributed by atoms with Crippen molar-refractivity contribution in [1.82, 2.24) is 20.3 Å². The molecule has 0 aliphatic heterocycles. The molecule has 0 spiro atoms. The highest BCUT2D eigenvalue weighted by atomic mass is 32.2. The van der Waals surface area contributed by atoms with E-state index in [0.717, 1.165) is 17.7 Å². The molecule has 0 radical (unpaired) electrons. The highest BCUT2D eigenvalue weighted by Crippen LogP contribution is 2.26. The first-order valence-electron chi connectivity index (χ1n) is 8.15. The van der Waals surface area contributed by atoms with Crippen LogP contribution in [-0.2, 0) is 23.5 Å². The number of aromatic nitrogens is 4. The lowest BCUT2D eigenvalue weighted by Crippen LogP contribution is -2.07. The zero-order chi connectivity index (χ0) is 18.4. The molecule has 0 aliphatic rings. The highest BCUT2D eigenvalue weighted by Gasteiger charge is 2.16. The van der Waals surface area contributed by atoms with Crippen LogP contribution < -0.4 is 0 Å². The first kappa shape index (κ1) is 18.1. The van der Waals surface area contributed by atoms with E-state index in [1.165, 1.54) is 11.8 Å². The van der Waals surface area contributed by atoms with Crippen molar-refractivity contribution >= 4 is 17.7 Å². The standard InChI is InChI=1S/C17H18N4O4S/c1-3-6-14-19-15(24-21-14)9-23-17(22)12-7-4-5-8-13(12)26-10-16-18-11(2)20-25-16/h4-5,7-8H,3,6,9-10H2,1-2H3. The van der Waals surface area contributed by atoms with E-state index in [1.54, 1.807) is 19.1 Å². The van der Waals surface area contributed by atoms with Crippen molar-refractivity contribution < 1.29 is 18.6 Å². The van der Waals surface area contributed by atoms with Crippen LogP contribution in [-0.4, -0.2) is 26.3 Å². The maximum Gasteiger partial charge on any atom is 0.339 e. The van der Waals surface area contributed by atoms with Gasteiger partial charge in [-0.1, -0.05) is 29.4 Å². The number of benzene rings is 1. The predicted octanol–water partition coefficient (Wildman–Crippen LogP) is 3.36. The summed E-state index contributed by atoms with van der Waals surface area (Å²) in [5, 5.41) is 7.58. The van der Waals surface area contributed by atoms with Crippen molar-refractivity contribution in [2.45, 2.75) is 43.9 Å². The van der Waals surface area contributed by atoms with Crippen molar-refractivity contribution in [1.29, 1.82) is 0 Å². The van der Waals surface area contributed by atoms with Gasteiger partial charge in [-0.05, 0) is 25.5 Å². The minimum Gasteiger partial charge on any atom is -0.452 e. The van der Waals surface area contributed by atoms with Crippen molar-refractivity contribution in [3.8, 4) is 0 Å². The second-order valence-corrected chi connectivity index (χ2v) is 6.47. The SMILES string of the molecule is CCCc1noc(COC(=O)c2ccccc2SCc2nc(C)no2)n1. The quantitative estimate of drug-likeness (QED) is 0.433. The lowest BCUT2D eigenvalue weighted by atomic mass is 10.2. The number of ether oxygens (including phenoxy) is 1. The van der Waals surface area contributed by atoms with Gasteiger partial charge in [0.1, 0.15) is 0 Å². The first-order chi connectivity index (χ1) is 12.7. The van der Waals surface area contributed by atoms with Gasteiger partial charge in [-0.3, -0.25) is 0 Å². The molecule has 26 heavy (non-hydrogen) atoms. The smallest absolute Gasteiger partial charge is 0.339 e. The van der Waals surface area contributed by atoms with Crippen LogP contribution in [0.4, 0.5) is 0 Å². The topological polar surface area (TPSA) is 104 Å². The Morgan fingerprint density at radius 1 is 1.15 bits per heavy atom. The van der Waals surface area contributed by atoms with Gasteiger partial charge in [-0.15, -0.1) is 11.8 Å². The fourth-order valence-electron chi connectivity index (χ4n) is 2.18. The van der Waals surface area contributed by atoms with E-state index in [1.807, 2.05) is 19.1 Å². The molecule has 0 N–H and O–H groups in total. The number of nitrogens with zero attached hydrogens (tertiary/aromatic N) is 4. The monoisotopic (exact) mass is 374 g/mol. The number of thioether (sulfide) groups is 1. The Balaban J connectivity index is 1.61. The number of esters is 1. The number of hydrogen-bond acceptors (Lipinski definition) is 9. The van der Waals surface area contributed by atoms with Gasteiger partial charge in [0.25, 0.3) is 5.89 Å². The molecule has 8 nitrogen and oxygen atoms in total. The normalized spacial score (nSPS) is 10.8. The molecule has 2 aromatic heterocycles. The van der Waals surface area contributed by atoms with E-state index in [0.29, 0.717) is 28.9 Å². The Hall–Kier alpha value is -2.68. The fourth-order valence-corrected chi connectivity index (χ4v) is 3.06. The summed E-state index contributed by atoms with van der Waals surface area (Å²) in [6.07, 6.45) is 1.65. The molecule has 0 unspecified atom stereocenters. The molecule has 0 saturated carbocycles. The molecule has 0 aliphatic carbocycles. The Labute approximate surface area is 154 Å². The van der Waals surface area contributed by atoms with Crippen molar-refractivity contribution in [2.24, 2.45) is 0 Å². The number of carbonyl (C=O) groups is 1. The van der Waals surface area contributed by atoms with Crippen LogP contribution in [0.15, 0.2) is 38.2 Å². The lowest BCUT2D eigenvalue weighted by Gasteiger charge is -2.07. The van der Waals surface area contributed by atoms with Crippen LogP contribution >= 0.6 is 11.8 Å². The third-order valence-corrected chi connectivity index (χ3v) is 4.40. The number of hydrogen-bond donors (Lipinski definition) is 0. The van der Waals surface area contributed by atoms with E-state index < -0.39 is 5.97 Å². The maximum atomic E-state index is 12.4. The van der Waals surface area contributed by atoms with E-state index in [4.69, 9.17) is 13.8 Å². The van der Waals surface area contributed by atoms with Crippen LogP contribution in [0.2, 0.25) is 0 Å². The lowest BCUT2D eigenvalue weighted by molar-refractivity contribution is 0.0425. The van der Waals surface area contributed by atoms with Crippen LogP contribution in [0.1, 0.15) is 47.1 Å². The van der Waals surface area contributed by atoms with Gasteiger partial charge in [-0.25, -0.2) is 4.79 Å². The summed E-state index contributed by atoms with van der Waals surface area (Å²) >= 11 is 1.43. The minimum atomic E-state index is -0.454. The second kappa shape index (κ2) is 8.61. The third-order valence-electron chi connectivity index (χ3n) is 3.34. The van der Waals surface area contributed by atoms with Gasteiger partial charge in [0, 0.05) is 11.3 Å². The van der Waals surface area contributed by atoms with Crippen LogP contribution in [0.5, 0.6) is 0 Å². The van der Waals surface area contributed by atoms with Gasteiger partial charge in [-0.2, -0.15) is 9.97 Å². The van der Waals surface area contributed by atoms with Crippen molar-refractivity contribution in [3.63, 3.8) is 0 Å². The summed E-state index contributed by atoms with van der Waals surface area (Å²) in [6, 6.07) is 7.19. The zero-order valence-electron chi connectivity index (χ0n) is 14.5. The van der Waals surface area contributed by atoms with Crippen LogP contribution in [0.3, 0.4) is 0 Å². The molecule has 2 heterocycles. The summed E-state index contributed by atoms with van der Waals surface area (Å²) in [4.78, 5) is 21.5. The highest BCUT2D eigenvalue weighted by molar-refractivity contribution is 7.98. The number of rotatable bonds is 8. The van der Waals surface area contributed by atoms with E-state index in [9.17, 15) is 4.79 Å². The molecule has 1 aromatic carbocycles. The molecule has 0 saturated heterocycles. The molecule has 136 valence electrons. The Morgan fingerprint density at radius 3 is 2.73 bits per heavy atom. The average Bonchev–Trinajstić information content (AvgIpc) is 3.27. The van der Waals surface area contributed by atoms with E-state index in [-0.39, 0.29) is 12.5 Å². The van der Waals surface area contributed by atoms with Gasteiger partial charge in [0.05, 0.1) is 11.3 Å². The zero-order valence-corrected chi connectivity index (χ0v) is 15.3. The molecular weight excluding hydrogens is 356 g/mol. The average molecular weight is 374 g/mol. The van der Waals surface area contributed by atoms with Crippen LogP contribution in [0, 0.1) is 6.92 Å². The van der Waals surface area contributed by atoms with Crippen LogP contribution in [0.25, 0.3) is 0 Å². The van der Waals surface area contributed by atoms with E-state index in [2.05, 4.69) is 20.3 Å². The van der Waals surface area contributed by atoms with Crippen molar-refractivity contribution in [2.75, 3.05) is 0 Å². The van der Waals surface area contributed by atoms with Gasteiger partial charge < -0.3 is 13.8 Å². The Morgan fingerprint density at radius 2 is 1.96 bits per heavy atom. The summed E-state index contributed by atoms with van der Waals surface area (Å²) in [5.41, 5.74) is 0.460. The van der Waals surface area contributed by atoms with Crippen molar-refractivity contribution in [3.05, 3.63) is 53.3 Å². The summed E-state index contributed by atoms with van der Waals surface area (Å²) < 4.78 is 15.5. The van der Waals surface area contributed by atoms with Gasteiger partial charge in [0.15, 0.2) is 18.3 Å². The molecule has 0 amide bonds. The minimum absolute atomic E-state index is 0.0581. The number of carbonyl (C=O) groups excluding carboxylic acids is 1. The summed E-state index contributed by atoms with van der Waals surface area (Å²) in [5.74, 6) is 2.00. The first-order valence-corrected chi connectivity index (χ1v) is 9.14. The fraction of sp³-hybridized carbons (Fsp3) is 0.353. The predicted molar refractivity (Wildman–Crippen MR) is 92.5 cm³/mol. The maximum absolute atomic E-state index is 12.4. The summed E-state index contributed by atoms with van der Waals surface area (Å²) in [7, 11) is 0. The molecule has 3 rings (SSSR count). The third kappa shape index (κ3) is 4.69. The molecule has 3 aromatic rings. The molecular formula is C17H18N4O4S. The van der Waals surface area contributed by atoms with Gasteiger partial charge >= 0.3 is 5.97 Å². The molecule has 0 atom stereocenters. The van der Waals surface area contributed by atoms with Gasteiger partial charge in [0.2, 0.25) is 5.89 Å². The molecule has 0 bridgehead atoms.